The van der Waals surface area contributed by atoms with Crippen LogP contribution in [0.25, 0.3) is 0 Å². The maximum atomic E-state index is 11.5. The van der Waals surface area contributed by atoms with Crippen LogP contribution in [-0.2, 0) is 19.8 Å². The Balaban J connectivity index is 2.55. The molecule has 0 aliphatic heterocycles. The van der Waals surface area contributed by atoms with Gasteiger partial charge in [-0.05, 0) is 65.8 Å². The fraction of sp³-hybridized carbons (Fsp3) is 0.650. The summed E-state index contributed by atoms with van der Waals surface area (Å²) in [5.41, 5.74) is 5.93. The number of amides is 1. The molecule has 26 heavy (non-hydrogen) atoms. The summed E-state index contributed by atoms with van der Waals surface area (Å²) in [6.45, 7) is 4.57. The molecule has 0 radical (unpaired) electrons. The minimum absolute atomic E-state index is 0.0391. The van der Waals surface area contributed by atoms with Crippen LogP contribution in [0.15, 0.2) is 24.3 Å². The summed E-state index contributed by atoms with van der Waals surface area (Å²) in [6.07, 6.45) is 3.72. The molecule has 1 aromatic carbocycles. The first-order valence-corrected chi connectivity index (χ1v) is 10.3. The fourth-order valence-corrected chi connectivity index (χ4v) is 5.04. The number of benzene rings is 1. The maximum Gasteiger partial charge on any atom is 0.404 e. The van der Waals surface area contributed by atoms with Crippen LogP contribution in [0.3, 0.4) is 0 Å². The Morgan fingerprint density at radius 2 is 2.00 bits per heavy atom. The number of hydrogen-bond donors (Lipinski definition) is 1. The first-order chi connectivity index (χ1) is 12.4. The third kappa shape index (κ3) is 5.10. The average Bonchev–Trinajstić information content (AvgIpc) is 2.59. The van der Waals surface area contributed by atoms with Crippen molar-refractivity contribution >= 4 is 28.7 Å². The number of carbonyl (C=O) groups excluding carboxylic acids is 1. The van der Waals surface area contributed by atoms with E-state index in [1.165, 1.54) is 0 Å². The van der Waals surface area contributed by atoms with Gasteiger partial charge in [0, 0.05) is 16.6 Å². The predicted molar refractivity (Wildman–Crippen MR) is 110 cm³/mol. The average molecular weight is 475 g/mol. The van der Waals surface area contributed by atoms with Crippen LogP contribution in [0.4, 0.5) is 4.79 Å². The summed E-state index contributed by atoms with van der Waals surface area (Å²) in [7, 11) is 1.63. The van der Waals surface area contributed by atoms with Gasteiger partial charge in [0.1, 0.15) is 18.5 Å². The van der Waals surface area contributed by atoms with Gasteiger partial charge in [-0.2, -0.15) is 0 Å². The SMILES string of the molecule is COCO[C@](CC(C)C)(c1ccccc1I)[C@H]1CCCCC1OC(N)=O. The van der Waals surface area contributed by atoms with Crippen molar-refractivity contribution in [2.45, 2.75) is 57.7 Å². The Bertz CT molecular complexity index is 595. The third-order valence-electron chi connectivity index (χ3n) is 5.04. The molecule has 2 rings (SSSR count). The highest BCUT2D eigenvalue weighted by Crippen LogP contribution is 2.48. The molecule has 1 aliphatic carbocycles. The lowest BCUT2D eigenvalue weighted by molar-refractivity contribution is -0.194. The molecule has 1 unspecified atom stereocenters. The standard InChI is InChI=1S/C20H30INO4/c1-14(2)12-20(25-13-24-3,15-8-4-6-10-17(15)21)16-9-5-7-11-18(16)26-19(22)23/h4,6,8,10,14,16,18H,5,7,9,11-13H2,1-3H3,(H2,22,23)/t16-,18?,20+/m0/s1. The van der Waals surface area contributed by atoms with E-state index in [1.807, 2.05) is 12.1 Å². The van der Waals surface area contributed by atoms with E-state index in [0.717, 1.165) is 41.2 Å². The molecule has 0 aromatic heterocycles. The van der Waals surface area contributed by atoms with Gasteiger partial charge < -0.3 is 19.9 Å². The van der Waals surface area contributed by atoms with Crippen LogP contribution in [0.5, 0.6) is 0 Å². The van der Waals surface area contributed by atoms with Gasteiger partial charge in [0.25, 0.3) is 0 Å². The van der Waals surface area contributed by atoms with Crippen molar-refractivity contribution in [3.05, 3.63) is 33.4 Å². The van der Waals surface area contributed by atoms with Gasteiger partial charge >= 0.3 is 6.09 Å². The van der Waals surface area contributed by atoms with E-state index in [1.54, 1.807) is 7.11 Å². The van der Waals surface area contributed by atoms with Crippen molar-refractivity contribution < 1.29 is 19.0 Å². The first kappa shape index (κ1) is 21.4. The third-order valence-corrected chi connectivity index (χ3v) is 5.99. The second-order valence-electron chi connectivity index (χ2n) is 7.38. The van der Waals surface area contributed by atoms with Gasteiger partial charge in [-0.25, -0.2) is 4.79 Å². The molecule has 2 N–H and O–H groups in total. The molecule has 1 aliphatic rings. The molecule has 0 heterocycles. The van der Waals surface area contributed by atoms with E-state index in [0.29, 0.717) is 5.92 Å². The molecule has 1 fully saturated rings. The van der Waals surface area contributed by atoms with Crippen LogP contribution in [0, 0.1) is 15.4 Å². The molecule has 1 saturated carbocycles. The summed E-state index contributed by atoms with van der Waals surface area (Å²) in [6, 6.07) is 8.28. The Labute approximate surface area is 170 Å². The quantitative estimate of drug-likeness (QED) is 0.433. The number of halogens is 1. The van der Waals surface area contributed by atoms with Crippen molar-refractivity contribution in [1.29, 1.82) is 0 Å². The number of primary amides is 1. The van der Waals surface area contributed by atoms with Gasteiger partial charge in [-0.3, -0.25) is 0 Å². The molecule has 1 aromatic rings. The van der Waals surface area contributed by atoms with Gasteiger partial charge in [0.05, 0.1) is 0 Å². The van der Waals surface area contributed by atoms with E-state index >= 15 is 0 Å². The summed E-state index contributed by atoms with van der Waals surface area (Å²) < 4.78 is 18.4. The van der Waals surface area contributed by atoms with Crippen LogP contribution < -0.4 is 5.73 Å². The first-order valence-electron chi connectivity index (χ1n) is 9.24. The lowest BCUT2D eigenvalue weighted by Gasteiger charge is -2.47. The molecule has 5 nitrogen and oxygen atoms in total. The molecule has 6 heteroatoms. The summed E-state index contributed by atoms with van der Waals surface area (Å²) in [5, 5.41) is 0. The van der Waals surface area contributed by atoms with Gasteiger partial charge in [-0.15, -0.1) is 0 Å². The van der Waals surface area contributed by atoms with Crippen LogP contribution in [-0.4, -0.2) is 26.1 Å². The second kappa shape index (κ2) is 9.90. The molecular weight excluding hydrogens is 445 g/mol. The summed E-state index contributed by atoms with van der Waals surface area (Å²) >= 11 is 2.36. The normalized spacial score (nSPS) is 22.8. The minimum Gasteiger partial charge on any atom is -0.446 e. The van der Waals surface area contributed by atoms with Crippen molar-refractivity contribution in [2.75, 3.05) is 13.9 Å². The topological polar surface area (TPSA) is 70.8 Å². The summed E-state index contributed by atoms with van der Waals surface area (Å²) in [5.74, 6) is 0.441. The van der Waals surface area contributed by atoms with E-state index in [4.69, 9.17) is 19.9 Å². The molecule has 146 valence electrons. The van der Waals surface area contributed by atoms with Gasteiger partial charge in [0.2, 0.25) is 0 Å². The second-order valence-corrected chi connectivity index (χ2v) is 8.55. The maximum absolute atomic E-state index is 11.5. The van der Waals surface area contributed by atoms with Crippen molar-refractivity contribution in [3.63, 3.8) is 0 Å². The Morgan fingerprint density at radius 3 is 2.62 bits per heavy atom. The molecule has 0 saturated heterocycles. The lowest BCUT2D eigenvalue weighted by Crippen LogP contribution is -2.49. The van der Waals surface area contributed by atoms with Crippen molar-refractivity contribution in [2.24, 2.45) is 17.6 Å². The lowest BCUT2D eigenvalue weighted by atomic mass is 9.68. The molecule has 3 atom stereocenters. The Hall–Kier alpha value is -0.860. The summed E-state index contributed by atoms with van der Waals surface area (Å²) in [4.78, 5) is 11.5. The number of methoxy groups -OCH3 is 1. The predicted octanol–water partition coefficient (Wildman–Crippen LogP) is 4.81. The van der Waals surface area contributed by atoms with Crippen LogP contribution >= 0.6 is 22.6 Å². The largest absolute Gasteiger partial charge is 0.446 e. The number of ether oxygens (including phenoxy) is 3. The number of hydrogen-bond acceptors (Lipinski definition) is 4. The van der Waals surface area contributed by atoms with E-state index in [-0.39, 0.29) is 18.8 Å². The minimum atomic E-state index is -0.713. The number of rotatable bonds is 8. The highest BCUT2D eigenvalue weighted by molar-refractivity contribution is 14.1. The number of carbonyl (C=O) groups is 1. The zero-order valence-electron chi connectivity index (χ0n) is 15.9. The van der Waals surface area contributed by atoms with Gasteiger partial charge in [-0.1, -0.05) is 38.5 Å². The number of nitrogens with two attached hydrogens (primary N) is 1. The molecule has 1 amide bonds. The van der Waals surface area contributed by atoms with E-state index in [9.17, 15) is 4.79 Å². The zero-order chi connectivity index (χ0) is 19.2. The van der Waals surface area contributed by atoms with Crippen LogP contribution in [0.2, 0.25) is 0 Å². The van der Waals surface area contributed by atoms with E-state index in [2.05, 4.69) is 48.6 Å². The highest BCUT2D eigenvalue weighted by atomic mass is 127. The van der Waals surface area contributed by atoms with Gasteiger partial charge in [0.15, 0.2) is 0 Å². The monoisotopic (exact) mass is 475 g/mol. The molecule has 0 spiro atoms. The fourth-order valence-electron chi connectivity index (χ4n) is 4.20. The zero-order valence-corrected chi connectivity index (χ0v) is 18.0. The van der Waals surface area contributed by atoms with Crippen molar-refractivity contribution in [3.8, 4) is 0 Å². The smallest absolute Gasteiger partial charge is 0.404 e. The molecule has 0 bridgehead atoms. The van der Waals surface area contributed by atoms with Crippen molar-refractivity contribution in [1.82, 2.24) is 0 Å². The van der Waals surface area contributed by atoms with E-state index < -0.39 is 11.7 Å². The molecular formula is C20H30INO4. The Morgan fingerprint density at radius 1 is 1.31 bits per heavy atom. The van der Waals surface area contributed by atoms with Crippen LogP contribution in [0.1, 0.15) is 51.5 Å². The Kier molecular flexibility index (Phi) is 8.16. The highest BCUT2D eigenvalue weighted by Gasteiger charge is 2.48.